The van der Waals surface area contributed by atoms with Gasteiger partial charge in [0.2, 0.25) is 0 Å². The predicted octanol–water partition coefficient (Wildman–Crippen LogP) is -1.28. The monoisotopic (exact) mass is 278 g/mol. The molecule has 2 saturated heterocycles. The van der Waals surface area contributed by atoms with Crippen LogP contribution in [0, 0.1) is 0 Å². The Hall–Kier alpha value is -0.280. The minimum atomic E-state index is -1.11. The van der Waals surface area contributed by atoms with Crippen molar-refractivity contribution >= 4 is 0 Å². The van der Waals surface area contributed by atoms with Crippen LogP contribution in [-0.2, 0) is 14.2 Å². The third-order valence-corrected chi connectivity index (χ3v) is 3.46. The number of rotatable bonds is 3. The highest BCUT2D eigenvalue weighted by Gasteiger charge is 2.40. The average Bonchev–Trinajstić information content (AvgIpc) is 2.31. The third kappa shape index (κ3) is 3.85. The van der Waals surface area contributed by atoms with E-state index in [9.17, 15) is 20.4 Å². The first-order valence-electron chi connectivity index (χ1n) is 6.61. The lowest BCUT2D eigenvalue weighted by Crippen LogP contribution is -2.53. The molecule has 0 saturated carbocycles. The number of ether oxygens (including phenoxy) is 3. The molecule has 7 heteroatoms. The minimum absolute atomic E-state index is 0.0198. The van der Waals surface area contributed by atoms with Crippen LogP contribution in [0.1, 0.15) is 26.2 Å². The second kappa shape index (κ2) is 6.45. The molecule has 0 aliphatic carbocycles. The molecule has 2 rings (SSSR count). The maximum absolute atomic E-state index is 9.91. The summed E-state index contributed by atoms with van der Waals surface area (Å²) in [4.78, 5) is 0. The van der Waals surface area contributed by atoms with Crippen molar-refractivity contribution in [2.45, 2.75) is 69.3 Å². The Bertz CT molecular complexity index is 277. The predicted molar refractivity (Wildman–Crippen MR) is 63.0 cm³/mol. The Labute approximate surface area is 111 Å². The first-order chi connectivity index (χ1) is 8.99. The Morgan fingerprint density at radius 1 is 1.11 bits per heavy atom. The van der Waals surface area contributed by atoms with Crippen LogP contribution in [0.15, 0.2) is 0 Å². The lowest BCUT2D eigenvalue weighted by atomic mass is 10.0. The molecule has 0 aromatic carbocycles. The van der Waals surface area contributed by atoms with Gasteiger partial charge >= 0.3 is 0 Å². The summed E-state index contributed by atoms with van der Waals surface area (Å²) in [6, 6.07) is 0. The van der Waals surface area contributed by atoms with E-state index >= 15 is 0 Å². The van der Waals surface area contributed by atoms with Gasteiger partial charge in [-0.15, -0.1) is 0 Å². The van der Waals surface area contributed by atoms with Gasteiger partial charge < -0.3 is 34.6 Å². The molecule has 0 amide bonds. The van der Waals surface area contributed by atoms with E-state index in [-0.39, 0.29) is 19.1 Å². The van der Waals surface area contributed by atoms with E-state index in [0.29, 0.717) is 12.8 Å². The van der Waals surface area contributed by atoms with Crippen LogP contribution in [0.4, 0.5) is 0 Å². The molecule has 7 atom stereocenters. The molecule has 2 aliphatic rings. The Morgan fingerprint density at radius 2 is 1.84 bits per heavy atom. The molecule has 0 aromatic heterocycles. The SMILES string of the molecule is CC1CC(O)CC(OC2C(O)CC(O)OC2CO)O1. The van der Waals surface area contributed by atoms with Crippen molar-refractivity contribution in [3.63, 3.8) is 0 Å². The van der Waals surface area contributed by atoms with Gasteiger partial charge in [0.15, 0.2) is 12.6 Å². The van der Waals surface area contributed by atoms with Gasteiger partial charge in [-0.05, 0) is 13.3 Å². The van der Waals surface area contributed by atoms with Crippen LogP contribution in [0.5, 0.6) is 0 Å². The summed E-state index contributed by atoms with van der Waals surface area (Å²) in [6.07, 6.45) is -4.05. The Balaban J connectivity index is 1.95. The Kier molecular flexibility index (Phi) is 5.13. The van der Waals surface area contributed by atoms with E-state index in [0.717, 1.165) is 0 Å². The van der Waals surface area contributed by atoms with Gasteiger partial charge in [0.05, 0.1) is 24.9 Å². The molecule has 0 bridgehead atoms. The van der Waals surface area contributed by atoms with Crippen molar-refractivity contribution in [3.05, 3.63) is 0 Å². The Morgan fingerprint density at radius 3 is 2.47 bits per heavy atom. The van der Waals surface area contributed by atoms with E-state index in [1.54, 1.807) is 0 Å². The molecule has 2 fully saturated rings. The molecule has 0 spiro atoms. The smallest absolute Gasteiger partial charge is 0.161 e. The normalized spacial score (nSPS) is 48.2. The van der Waals surface area contributed by atoms with E-state index in [1.165, 1.54) is 0 Å². The van der Waals surface area contributed by atoms with Crippen molar-refractivity contribution in [2.24, 2.45) is 0 Å². The fourth-order valence-electron chi connectivity index (χ4n) is 2.58. The molecule has 2 heterocycles. The van der Waals surface area contributed by atoms with E-state index in [2.05, 4.69) is 0 Å². The molecular weight excluding hydrogens is 256 g/mol. The zero-order valence-electron chi connectivity index (χ0n) is 10.9. The largest absolute Gasteiger partial charge is 0.394 e. The standard InChI is InChI=1S/C12H22O7/c1-6-2-7(14)3-11(17-6)19-12-8(15)4-10(16)18-9(12)5-13/h6-16H,2-5H2,1H3. The average molecular weight is 278 g/mol. The van der Waals surface area contributed by atoms with Gasteiger partial charge in [-0.2, -0.15) is 0 Å². The molecule has 112 valence electrons. The molecule has 2 aliphatic heterocycles. The fraction of sp³-hybridized carbons (Fsp3) is 1.00. The second-order valence-corrected chi connectivity index (χ2v) is 5.22. The van der Waals surface area contributed by atoms with Crippen molar-refractivity contribution in [2.75, 3.05) is 6.61 Å². The van der Waals surface area contributed by atoms with Crippen molar-refractivity contribution in [1.29, 1.82) is 0 Å². The summed E-state index contributed by atoms with van der Waals surface area (Å²) in [5.41, 5.74) is 0. The number of hydrogen-bond acceptors (Lipinski definition) is 7. The van der Waals surface area contributed by atoms with Crippen molar-refractivity contribution in [1.82, 2.24) is 0 Å². The first kappa shape index (κ1) is 15.1. The zero-order valence-corrected chi connectivity index (χ0v) is 10.9. The van der Waals surface area contributed by atoms with Crippen LogP contribution < -0.4 is 0 Å². The highest BCUT2D eigenvalue weighted by Crippen LogP contribution is 2.27. The van der Waals surface area contributed by atoms with E-state index < -0.39 is 37.0 Å². The first-order valence-corrected chi connectivity index (χ1v) is 6.61. The van der Waals surface area contributed by atoms with Crippen LogP contribution in [-0.4, -0.2) is 70.1 Å². The van der Waals surface area contributed by atoms with Gasteiger partial charge in [-0.3, -0.25) is 0 Å². The van der Waals surface area contributed by atoms with Gasteiger partial charge in [-0.1, -0.05) is 0 Å². The minimum Gasteiger partial charge on any atom is -0.394 e. The number of hydrogen-bond donors (Lipinski definition) is 4. The summed E-state index contributed by atoms with van der Waals surface area (Å²) < 4.78 is 16.3. The van der Waals surface area contributed by atoms with Gasteiger partial charge in [0, 0.05) is 12.8 Å². The van der Waals surface area contributed by atoms with Gasteiger partial charge in [0.1, 0.15) is 12.2 Å². The molecule has 4 N–H and O–H groups in total. The fourth-order valence-corrected chi connectivity index (χ4v) is 2.58. The van der Waals surface area contributed by atoms with Gasteiger partial charge in [0.25, 0.3) is 0 Å². The second-order valence-electron chi connectivity index (χ2n) is 5.22. The quantitative estimate of drug-likeness (QED) is 0.509. The summed E-state index contributed by atoms with van der Waals surface area (Å²) in [5, 5.41) is 38.2. The van der Waals surface area contributed by atoms with E-state index in [1.807, 2.05) is 6.92 Å². The molecular formula is C12H22O7. The van der Waals surface area contributed by atoms with Crippen LogP contribution >= 0.6 is 0 Å². The molecule has 7 unspecified atom stereocenters. The topological polar surface area (TPSA) is 109 Å². The summed E-state index contributed by atoms with van der Waals surface area (Å²) in [7, 11) is 0. The summed E-state index contributed by atoms with van der Waals surface area (Å²) in [5.74, 6) is 0. The maximum Gasteiger partial charge on any atom is 0.161 e. The van der Waals surface area contributed by atoms with Crippen LogP contribution in [0.3, 0.4) is 0 Å². The van der Waals surface area contributed by atoms with Crippen molar-refractivity contribution in [3.8, 4) is 0 Å². The third-order valence-electron chi connectivity index (χ3n) is 3.46. The highest BCUT2D eigenvalue weighted by atomic mass is 16.7. The molecule has 19 heavy (non-hydrogen) atoms. The summed E-state index contributed by atoms with van der Waals surface area (Å²) in [6.45, 7) is 1.46. The molecule has 0 aromatic rings. The lowest BCUT2D eigenvalue weighted by Gasteiger charge is -2.40. The number of aliphatic hydroxyl groups excluding tert-OH is 4. The van der Waals surface area contributed by atoms with E-state index in [4.69, 9.17) is 14.2 Å². The molecule has 7 nitrogen and oxygen atoms in total. The van der Waals surface area contributed by atoms with Crippen LogP contribution in [0.2, 0.25) is 0 Å². The highest BCUT2D eigenvalue weighted by molar-refractivity contribution is 4.85. The maximum atomic E-state index is 9.91. The molecule has 0 radical (unpaired) electrons. The number of aliphatic hydroxyl groups is 4. The zero-order chi connectivity index (χ0) is 14.0. The van der Waals surface area contributed by atoms with Gasteiger partial charge in [-0.25, -0.2) is 0 Å². The van der Waals surface area contributed by atoms with Crippen LogP contribution in [0.25, 0.3) is 0 Å². The van der Waals surface area contributed by atoms with Crippen molar-refractivity contribution < 1.29 is 34.6 Å². The summed E-state index contributed by atoms with van der Waals surface area (Å²) >= 11 is 0. The lowest BCUT2D eigenvalue weighted by molar-refractivity contribution is -0.301.